The lowest BCUT2D eigenvalue weighted by molar-refractivity contribution is -0.143. The van der Waals surface area contributed by atoms with E-state index in [0.717, 1.165) is 0 Å². The van der Waals surface area contributed by atoms with E-state index in [1.54, 1.807) is 13.8 Å². The molecule has 0 spiro atoms. The van der Waals surface area contributed by atoms with Crippen LogP contribution in [-0.2, 0) is 24.0 Å². The van der Waals surface area contributed by atoms with Crippen LogP contribution in [-0.4, -0.2) is 83.1 Å². The molecule has 0 aliphatic rings. The summed E-state index contributed by atoms with van der Waals surface area (Å²) in [5, 5.41) is 25.8. The van der Waals surface area contributed by atoms with Crippen molar-refractivity contribution in [2.24, 2.45) is 33.8 Å². The first-order valence-corrected chi connectivity index (χ1v) is 12.2. The van der Waals surface area contributed by atoms with Gasteiger partial charge in [0.05, 0.1) is 12.5 Å². The number of carboxylic acids is 2. The van der Waals surface area contributed by atoms with Crippen molar-refractivity contribution in [2.75, 3.05) is 13.1 Å². The summed E-state index contributed by atoms with van der Waals surface area (Å²) >= 11 is 0. The van der Waals surface area contributed by atoms with Gasteiger partial charge in [0.25, 0.3) is 0 Å². The van der Waals surface area contributed by atoms with Gasteiger partial charge in [-0.15, -0.1) is 0 Å². The summed E-state index contributed by atoms with van der Waals surface area (Å²) < 4.78 is 0. The van der Waals surface area contributed by atoms with E-state index >= 15 is 0 Å². The first kappa shape index (κ1) is 33.5. The van der Waals surface area contributed by atoms with Crippen LogP contribution in [0.3, 0.4) is 0 Å². The molecule has 0 heterocycles. The minimum absolute atomic E-state index is 0.0554. The number of aliphatic carboxylic acids is 2. The summed E-state index contributed by atoms with van der Waals surface area (Å²) in [7, 11) is 0. The molecule has 5 unspecified atom stereocenters. The van der Waals surface area contributed by atoms with Gasteiger partial charge in [0.2, 0.25) is 17.7 Å². The number of nitrogens with one attached hydrogen (secondary N) is 3. The Kier molecular flexibility index (Phi) is 16.2. The zero-order valence-corrected chi connectivity index (χ0v) is 21.4. The number of rotatable bonds is 19. The number of hydrogen-bond acceptors (Lipinski definition) is 8. The minimum atomic E-state index is -1.40. The molecule has 13 N–H and O–H groups in total. The number of nitrogens with two attached hydrogens (primary N) is 4. The van der Waals surface area contributed by atoms with Crippen molar-refractivity contribution in [1.82, 2.24) is 16.0 Å². The van der Waals surface area contributed by atoms with E-state index in [0.29, 0.717) is 25.8 Å². The normalized spacial score (nSPS) is 14.8. The summed E-state index contributed by atoms with van der Waals surface area (Å²) in [5.41, 5.74) is 21.6. The Morgan fingerprint density at radius 2 is 1.46 bits per heavy atom. The largest absolute Gasteiger partial charge is 0.481 e. The third kappa shape index (κ3) is 14.0. The van der Waals surface area contributed by atoms with Crippen molar-refractivity contribution in [3.8, 4) is 0 Å². The van der Waals surface area contributed by atoms with Crippen LogP contribution in [0.25, 0.3) is 0 Å². The molecule has 15 heteroatoms. The van der Waals surface area contributed by atoms with Gasteiger partial charge in [0, 0.05) is 6.54 Å². The number of nitrogens with zero attached hydrogens (tertiary/aromatic N) is 1. The van der Waals surface area contributed by atoms with Crippen LogP contribution in [0.2, 0.25) is 0 Å². The molecule has 0 bridgehead atoms. The SMILES string of the molecule is CCC(C)C(NC(=O)C(CCCN=C(N)N)NC(=O)C(N)CC(=O)O)C(=O)NC(CCCCN)C(=O)O. The van der Waals surface area contributed by atoms with Gasteiger partial charge < -0.3 is 49.1 Å². The lowest BCUT2D eigenvalue weighted by Crippen LogP contribution is -2.58. The highest BCUT2D eigenvalue weighted by molar-refractivity contribution is 5.94. The van der Waals surface area contributed by atoms with Crippen molar-refractivity contribution in [3.05, 3.63) is 0 Å². The third-order valence-corrected chi connectivity index (χ3v) is 5.66. The van der Waals surface area contributed by atoms with Crippen molar-refractivity contribution < 1.29 is 34.2 Å². The van der Waals surface area contributed by atoms with Gasteiger partial charge in [-0.2, -0.15) is 0 Å². The highest BCUT2D eigenvalue weighted by Gasteiger charge is 2.32. The van der Waals surface area contributed by atoms with Gasteiger partial charge in [-0.3, -0.25) is 24.2 Å². The number of carbonyl (C=O) groups excluding carboxylic acids is 3. The number of aliphatic imine (C=N–C) groups is 1. The van der Waals surface area contributed by atoms with Crippen LogP contribution < -0.4 is 38.9 Å². The van der Waals surface area contributed by atoms with E-state index in [1.165, 1.54) is 0 Å². The summed E-state index contributed by atoms with van der Waals surface area (Å²) in [6.45, 7) is 4.05. The van der Waals surface area contributed by atoms with Crippen molar-refractivity contribution in [3.63, 3.8) is 0 Å². The average molecular weight is 531 g/mol. The Morgan fingerprint density at radius 3 is 1.97 bits per heavy atom. The third-order valence-electron chi connectivity index (χ3n) is 5.66. The predicted octanol–water partition coefficient (Wildman–Crippen LogP) is -2.44. The van der Waals surface area contributed by atoms with E-state index < -0.39 is 60.2 Å². The number of guanidine groups is 1. The van der Waals surface area contributed by atoms with Crippen molar-refractivity contribution in [1.29, 1.82) is 0 Å². The molecule has 15 nitrogen and oxygen atoms in total. The molecular formula is C22H42N8O7. The van der Waals surface area contributed by atoms with Crippen LogP contribution in [0.15, 0.2) is 4.99 Å². The second-order valence-corrected chi connectivity index (χ2v) is 8.77. The first-order chi connectivity index (χ1) is 17.3. The molecule has 3 amide bonds. The second kappa shape index (κ2) is 17.9. The second-order valence-electron chi connectivity index (χ2n) is 8.77. The summed E-state index contributed by atoms with van der Waals surface area (Å²) in [5.74, 6) is -5.30. The number of amides is 3. The quantitative estimate of drug-likeness (QED) is 0.0480. The number of carbonyl (C=O) groups is 5. The monoisotopic (exact) mass is 530 g/mol. The molecule has 0 fully saturated rings. The average Bonchev–Trinajstić information content (AvgIpc) is 2.82. The number of carboxylic acid groups (broad SMARTS) is 2. The smallest absolute Gasteiger partial charge is 0.326 e. The molecule has 5 atom stereocenters. The minimum Gasteiger partial charge on any atom is -0.481 e. The van der Waals surface area contributed by atoms with Gasteiger partial charge in [-0.25, -0.2) is 4.79 Å². The molecule has 0 aromatic carbocycles. The van der Waals surface area contributed by atoms with Gasteiger partial charge >= 0.3 is 11.9 Å². The summed E-state index contributed by atoms with van der Waals surface area (Å²) in [6, 6.07) is -4.84. The van der Waals surface area contributed by atoms with E-state index in [4.69, 9.17) is 28.0 Å². The maximum atomic E-state index is 13.1. The molecule has 0 aliphatic heterocycles. The zero-order valence-electron chi connectivity index (χ0n) is 21.4. The first-order valence-electron chi connectivity index (χ1n) is 12.2. The predicted molar refractivity (Wildman–Crippen MR) is 136 cm³/mol. The Morgan fingerprint density at radius 1 is 0.865 bits per heavy atom. The molecule has 0 radical (unpaired) electrons. The Balaban J connectivity index is 5.63. The zero-order chi connectivity index (χ0) is 28.5. The maximum absolute atomic E-state index is 13.1. The van der Waals surface area contributed by atoms with Crippen LogP contribution in [0.4, 0.5) is 0 Å². The van der Waals surface area contributed by atoms with Crippen LogP contribution in [0.1, 0.15) is 58.8 Å². The topological polar surface area (TPSA) is 278 Å². The standard InChI is InChI=1S/C22H42N8O7/c1-3-12(2)17(20(35)29-15(21(36)37)7-4-5-9-23)30-19(34)14(8-6-10-27-22(25)26)28-18(33)13(24)11-16(31)32/h12-15,17H,3-11,23-24H2,1-2H3,(H,28,33)(H,29,35)(H,30,34)(H,31,32)(H,36,37)(H4,25,26,27). The van der Waals surface area contributed by atoms with Gasteiger partial charge in [0.1, 0.15) is 18.1 Å². The Hall–Kier alpha value is -3.46. The Labute approximate surface area is 216 Å². The van der Waals surface area contributed by atoms with E-state index in [9.17, 15) is 29.1 Å². The molecule has 0 saturated carbocycles. The molecule has 212 valence electrons. The fourth-order valence-electron chi connectivity index (χ4n) is 3.30. The Bertz CT molecular complexity index is 804. The highest BCUT2D eigenvalue weighted by atomic mass is 16.4. The molecule has 0 aromatic rings. The van der Waals surface area contributed by atoms with Crippen molar-refractivity contribution in [2.45, 2.75) is 83.0 Å². The maximum Gasteiger partial charge on any atom is 0.326 e. The molecule has 0 rings (SSSR count). The van der Waals surface area contributed by atoms with Gasteiger partial charge in [-0.05, 0) is 44.6 Å². The van der Waals surface area contributed by atoms with E-state index in [2.05, 4.69) is 20.9 Å². The fourth-order valence-corrected chi connectivity index (χ4v) is 3.30. The highest BCUT2D eigenvalue weighted by Crippen LogP contribution is 2.11. The van der Waals surface area contributed by atoms with E-state index in [1.807, 2.05) is 0 Å². The van der Waals surface area contributed by atoms with Crippen LogP contribution in [0.5, 0.6) is 0 Å². The van der Waals surface area contributed by atoms with E-state index in [-0.39, 0.29) is 37.7 Å². The number of unbranched alkanes of at least 4 members (excludes halogenated alkanes) is 1. The lowest BCUT2D eigenvalue weighted by Gasteiger charge is -2.28. The lowest BCUT2D eigenvalue weighted by atomic mass is 9.96. The molecule has 0 saturated heterocycles. The van der Waals surface area contributed by atoms with Crippen molar-refractivity contribution >= 4 is 35.6 Å². The molecule has 0 aromatic heterocycles. The molecule has 37 heavy (non-hydrogen) atoms. The van der Waals surface area contributed by atoms with Crippen LogP contribution >= 0.6 is 0 Å². The summed E-state index contributed by atoms with van der Waals surface area (Å²) in [6.07, 6.45) is 1.42. The summed E-state index contributed by atoms with van der Waals surface area (Å²) in [4.78, 5) is 64.9. The van der Waals surface area contributed by atoms with Crippen LogP contribution in [0, 0.1) is 5.92 Å². The molecular weight excluding hydrogens is 488 g/mol. The fraction of sp³-hybridized carbons (Fsp3) is 0.727. The number of hydrogen-bond donors (Lipinski definition) is 9. The van der Waals surface area contributed by atoms with Gasteiger partial charge in [0.15, 0.2) is 5.96 Å². The molecule has 0 aliphatic carbocycles. The van der Waals surface area contributed by atoms with Gasteiger partial charge in [-0.1, -0.05) is 20.3 Å².